The van der Waals surface area contributed by atoms with Gasteiger partial charge in [0.15, 0.2) is 0 Å². The summed E-state index contributed by atoms with van der Waals surface area (Å²) in [7, 11) is 0. The molecule has 3 rings (SSSR count). The standard InChI is InChI=1S/C15H28N2O/c1-13-14(5-10-18-13)11-17-9-4-8-16-15(12-17)6-2-3-7-15/h13-14,16H,2-12H2,1H3. The van der Waals surface area contributed by atoms with Crippen LogP contribution < -0.4 is 5.32 Å². The predicted octanol–water partition coefficient (Wildman–Crippen LogP) is 2.02. The average Bonchev–Trinajstić information content (AvgIpc) is 2.90. The van der Waals surface area contributed by atoms with Crippen molar-refractivity contribution in [1.82, 2.24) is 10.2 Å². The van der Waals surface area contributed by atoms with Crippen LogP contribution in [0.25, 0.3) is 0 Å². The maximum absolute atomic E-state index is 5.71. The fraction of sp³-hybridized carbons (Fsp3) is 1.00. The summed E-state index contributed by atoms with van der Waals surface area (Å²) >= 11 is 0. The van der Waals surface area contributed by atoms with Crippen molar-refractivity contribution >= 4 is 0 Å². The number of hydrogen-bond acceptors (Lipinski definition) is 3. The van der Waals surface area contributed by atoms with Gasteiger partial charge >= 0.3 is 0 Å². The van der Waals surface area contributed by atoms with Crippen LogP contribution in [-0.4, -0.2) is 49.3 Å². The molecule has 0 amide bonds. The molecule has 1 N–H and O–H groups in total. The zero-order valence-electron chi connectivity index (χ0n) is 11.8. The molecule has 3 fully saturated rings. The topological polar surface area (TPSA) is 24.5 Å². The highest BCUT2D eigenvalue weighted by Crippen LogP contribution is 2.32. The maximum atomic E-state index is 5.71. The lowest BCUT2D eigenvalue weighted by Crippen LogP contribution is -2.50. The molecule has 0 radical (unpaired) electrons. The van der Waals surface area contributed by atoms with Crippen LogP contribution in [0.15, 0.2) is 0 Å². The van der Waals surface area contributed by atoms with Gasteiger partial charge in [0, 0.05) is 25.2 Å². The fourth-order valence-electron chi connectivity index (χ4n) is 4.11. The molecule has 1 saturated carbocycles. The average molecular weight is 252 g/mol. The van der Waals surface area contributed by atoms with Gasteiger partial charge in [-0.2, -0.15) is 0 Å². The lowest BCUT2D eigenvalue weighted by atomic mass is 9.95. The second-order valence-corrected chi connectivity index (χ2v) is 6.63. The van der Waals surface area contributed by atoms with E-state index < -0.39 is 0 Å². The SMILES string of the molecule is CC1OCCC1CN1CCCNC2(CCCC2)C1. The Kier molecular flexibility index (Phi) is 3.92. The maximum Gasteiger partial charge on any atom is 0.0588 e. The van der Waals surface area contributed by atoms with E-state index >= 15 is 0 Å². The van der Waals surface area contributed by atoms with Crippen LogP contribution in [0, 0.1) is 5.92 Å². The minimum Gasteiger partial charge on any atom is -0.378 e. The van der Waals surface area contributed by atoms with Gasteiger partial charge in [-0.15, -0.1) is 0 Å². The Hall–Kier alpha value is -0.120. The Morgan fingerprint density at radius 3 is 2.83 bits per heavy atom. The van der Waals surface area contributed by atoms with Gasteiger partial charge in [0.1, 0.15) is 0 Å². The van der Waals surface area contributed by atoms with Gasteiger partial charge in [-0.3, -0.25) is 0 Å². The Morgan fingerprint density at radius 2 is 2.11 bits per heavy atom. The number of rotatable bonds is 2. The van der Waals surface area contributed by atoms with E-state index in [-0.39, 0.29) is 0 Å². The second kappa shape index (κ2) is 5.48. The molecule has 1 spiro atoms. The van der Waals surface area contributed by atoms with Gasteiger partial charge in [0.2, 0.25) is 0 Å². The van der Waals surface area contributed by atoms with Crippen LogP contribution in [-0.2, 0) is 4.74 Å². The molecule has 3 heteroatoms. The van der Waals surface area contributed by atoms with Crippen molar-refractivity contribution in [2.24, 2.45) is 5.92 Å². The minimum atomic E-state index is 0.458. The van der Waals surface area contributed by atoms with Gasteiger partial charge < -0.3 is 15.0 Å². The van der Waals surface area contributed by atoms with Crippen LogP contribution >= 0.6 is 0 Å². The van der Waals surface area contributed by atoms with Crippen molar-refractivity contribution in [1.29, 1.82) is 0 Å². The molecular weight excluding hydrogens is 224 g/mol. The van der Waals surface area contributed by atoms with Gasteiger partial charge in [-0.05, 0) is 51.6 Å². The first kappa shape index (κ1) is 12.9. The first-order valence-electron chi connectivity index (χ1n) is 7.86. The Balaban J connectivity index is 1.60. The molecule has 2 unspecified atom stereocenters. The van der Waals surface area contributed by atoms with E-state index in [1.54, 1.807) is 0 Å². The first-order chi connectivity index (χ1) is 8.77. The van der Waals surface area contributed by atoms with Gasteiger partial charge in [0.25, 0.3) is 0 Å². The summed E-state index contributed by atoms with van der Waals surface area (Å²) in [6.45, 7) is 8.24. The van der Waals surface area contributed by atoms with Crippen LogP contribution in [0.4, 0.5) is 0 Å². The number of nitrogens with zero attached hydrogens (tertiary/aromatic N) is 1. The molecule has 3 aliphatic rings. The summed E-state index contributed by atoms with van der Waals surface area (Å²) in [6, 6.07) is 0. The van der Waals surface area contributed by atoms with E-state index in [2.05, 4.69) is 17.1 Å². The summed E-state index contributed by atoms with van der Waals surface area (Å²) < 4.78 is 5.71. The predicted molar refractivity (Wildman–Crippen MR) is 73.8 cm³/mol. The molecule has 104 valence electrons. The van der Waals surface area contributed by atoms with E-state index in [4.69, 9.17) is 4.74 Å². The summed E-state index contributed by atoms with van der Waals surface area (Å²) in [5.74, 6) is 0.765. The normalized spacial score (nSPS) is 37.2. The highest BCUT2D eigenvalue weighted by Gasteiger charge is 2.37. The third-order valence-electron chi connectivity index (χ3n) is 5.26. The Bertz CT molecular complexity index is 276. The highest BCUT2D eigenvalue weighted by molar-refractivity contribution is 4.97. The van der Waals surface area contributed by atoms with Crippen molar-refractivity contribution in [2.75, 3.05) is 32.8 Å². The van der Waals surface area contributed by atoms with Crippen molar-refractivity contribution in [3.63, 3.8) is 0 Å². The smallest absolute Gasteiger partial charge is 0.0588 e. The fourth-order valence-corrected chi connectivity index (χ4v) is 4.11. The molecule has 1 aliphatic carbocycles. The van der Waals surface area contributed by atoms with Crippen molar-refractivity contribution in [3.05, 3.63) is 0 Å². The molecule has 2 atom stereocenters. The third kappa shape index (κ3) is 2.73. The first-order valence-corrected chi connectivity index (χ1v) is 7.86. The van der Waals surface area contributed by atoms with Gasteiger partial charge in [-0.1, -0.05) is 12.8 Å². The van der Waals surface area contributed by atoms with Crippen LogP contribution in [0.1, 0.15) is 45.4 Å². The Morgan fingerprint density at radius 1 is 1.28 bits per heavy atom. The number of hydrogen-bond donors (Lipinski definition) is 1. The zero-order chi connectivity index (χ0) is 12.4. The van der Waals surface area contributed by atoms with Gasteiger partial charge in [-0.25, -0.2) is 0 Å². The van der Waals surface area contributed by atoms with E-state index in [9.17, 15) is 0 Å². The minimum absolute atomic E-state index is 0.458. The van der Waals surface area contributed by atoms with Crippen LogP contribution in [0.2, 0.25) is 0 Å². The summed E-state index contributed by atoms with van der Waals surface area (Å²) in [5, 5.41) is 3.85. The van der Waals surface area contributed by atoms with Crippen molar-refractivity contribution < 1.29 is 4.74 Å². The van der Waals surface area contributed by atoms with E-state index in [1.165, 1.54) is 64.7 Å². The number of nitrogens with one attached hydrogen (secondary N) is 1. The third-order valence-corrected chi connectivity index (χ3v) is 5.26. The highest BCUT2D eigenvalue weighted by atomic mass is 16.5. The largest absolute Gasteiger partial charge is 0.378 e. The molecule has 0 bridgehead atoms. The lowest BCUT2D eigenvalue weighted by molar-refractivity contribution is 0.0886. The van der Waals surface area contributed by atoms with Crippen molar-refractivity contribution in [3.8, 4) is 0 Å². The van der Waals surface area contributed by atoms with Crippen molar-refractivity contribution in [2.45, 2.75) is 57.1 Å². The molecule has 0 aromatic carbocycles. The second-order valence-electron chi connectivity index (χ2n) is 6.63. The Labute approximate surface area is 111 Å². The summed E-state index contributed by atoms with van der Waals surface area (Å²) in [6.07, 6.45) is 8.66. The van der Waals surface area contributed by atoms with E-state index in [0.29, 0.717) is 11.6 Å². The molecule has 3 nitrogen and oxygen atoms in total. The number of ether oxygens (including phenoxy) is 1. The quantitative estimate of drug-likeness (QED) is 0.814. The summed E-state index contributed by atoms with van der Waals surface area (Å²) in [4.78, 5) is 2.72. The molecule has 2 aliphatic heterocycles. The van der Waals surface area contributed by atoms with Gasteiger partial charge in [0.05, 0.1) is 6.10 Å². The summed E-state index contributed by atoms with van der Waals surface area (Å²) in [5.41, 5.74) is 0.458. The zero-order valence-corrected chi connectivity index (χ0v) is 11.8. The van der Waals surface area contributed by atoms with Crippen LogP contribution in [0.5, 0.6) is 0 Å². The molecule has 18 heavy (non-hydrogen) atoms. The van der Waals surface area contributed by atoms with E-state index in [0.717, 1.165) is 12.5 Å². The van der Waals surface area contributed by atoms with Crippen LogP contribution in [0.3, 0.4) is 0 Å². The monoisotopic (exact) mass is 252 g/mol. The molecule has 0 aromatic rings. The molecule has 2 saturated heterocycles. The molecule has 0 aromatic heterocycles. The molecular formula is C15H28N2O. The molecule has 2 heterocycles. The van der Waals surface area contributed by atoms with E-state index in [1.807, 2.05) is 0 Å². The lowest BCUT2D eigenvalue weighted by Gasteiger charge is -2.34.